The third-order valence-corrected chi connectivity index (χ3v) is 7.39. The summed E-state index contributed by atoms with van der Waals surface area (Å²) in [7, 11) is 0. The number of aryl methyl sites for hydroxylation is 1. The van der Waals surface area contributed by atoms with Crippen LogP contribution in [0.15, 0.2) is 55.2 Å². The molecule has 3 nitrogen and oxygen atoms in total. The van der Waals surface area contributed by atoms with Crippen molar-refractivity contribution in [2.75, 3.05) is 31.5 Å². The van der Waals surface area contributed by atoms with Crippen molar-refractivity contribution in [2.45, 2.75) is 32.1 Å². The maximum absolute atomic E-state index is 4.41. The lowest BCUT2D eigenvalue weighted by atomic mass is 9.92. The van der Waals surface area contributed by atoms with Crippen LogP contribution in [0.4, 0.5) is 5.82 Å². The molecule has 1 aliphatic carbocycles. The lowest BCUT2D eigenvalue weighted by Crippen LogP contribution is -2.21. The van der Waals surface area contributed by atoms with Crippen molar-refractivity contribution >= 4 is 23.0 Å². The van der Waals surface area contributed by atoms with E-state index in [4.69, 9.17) is 0 Å². The fourth-order valence-electron chi connectivity index (χ4n) is 5.66. The molecule has 0 spiro atoms. The average molecular weight is 422 g/mol. The number of nitrogens with one attached hydrogen (secondary N) is 2. The summed E-state index contributed by atoms with van der Waals surface area (Å²) in [5.74, 6) is 1.13. The van der Waals surface area contributed by atoms with Gasteiger partial charge in [0.15, 0.2) is 0 Å². The van der Waals surface area contributed by atoms with Gasteiger partial charge in [0, 0.05) is 30.4 Å². The molecule has 3 aromatic rings. The molecule has 0 atom stereocenters. The van der Waals surface area contributed by atoms with Crippen LogP contribution in [0.1, 0.15) is 47.1 Å². The van der Waals surface area contributed by atoms with Gasteiger partial charge in [-0.15, -0.1) is 0 Å². The maximum Gasteiger partial charge on any atom is 0.111 e. The number of rotatable bonds is 5. The van der Waals surface area contributed by atoms with Crippen LogP contribution in [-0.4, -0.2) is 36.1 Å². The van der Waals surface area contributed by atoms with Crippen LogP contribution >= 0.6 is 0 Å². The summed E-state index contributed by atoms with van der Waals surface area (Å²) < 4.78 is 0. The second-order valence-electron chi connectivity index (χ2n) is 9.48. The Morgan fingerprint density at radius 1 is 0.969 bits per heavy atom. The molecule has 162 valence electrons. The van der Waals surface area contributed by atoms with Crippen LogP contribution < -0.4 is 5.32 Å². The predicted octanol–water partition coefficient (Wildman–Crippen LogP) is 6.25. The Labute approximate surface area is 190 Å². The number of aromatic nitrogens is 1. The van der Waals surface area contributed by atoms with Crippen molar-refractivity contribution < 1.29 is 0 Å². The summed E-state index contributed by atoms with van der Waals surface area (Å²) in [6.07, 6.45) is 10.9. The summed E-state index contributed by atoms with van der Waals surface area (Å²) in [6, 6.07) is 15.7. The molecule has 0 bridgehead atoms. The largest absolute Gasteiger partial charge is 0.367 e. The van der Waals surface area contributed by atoms with E-state index >= 15 is 0 Å². The molecule has 0 radical (unpaired) electrons. The summed E-state index contributed by atoms with van der Waals surface area (Å²) >= 11 is 0. The highest BCUT2D eigenvalue weighted by Crippen LogP contribution is 2.40. The lowest BCUT2D eigenvalue weighted by molar-refractivity contribution is 0.383. The molecule has 0 saturated carbocycles. The Morgan fingerprint density at radius 3 is 2.75 bits per heavy atom. The van der Waals surface area contributed by atoms with Gasteiger partial charge >= 0.3 is 0 Å². The van der Waals surface area contributed by atoms with Crippen LogP contribution in [-0.2, 0) is 12.8 Å². The molecular weight excluding hydrogens is 390 g/mol. The van der Waals surface area contributed by atoms with E-state index in [1.54, 1.807) is 0 Å². The van der Waals surface area contributed by atoms with E-state index in [1.807, 2.05) is 0 Å². The normalized spacial score (nSPS) is 17.6. The zero-order chi connectivity index (χ0) is 21.5. The highest BCUT2D eigenvalue weighted by Gasteiger charge is 2.22. The monoisotopic (exact) mass is 421 g/mol. The van der Waals surface area contributed by atoms with Gasteiger partial charge in [-0.2, -0.15) is 0 Å². The van der Waals surface area contributed by atoms with E-state index in [-0.39, 0.29) is 0 Å². The van der Waals surface area contributed by atoms with Crippen LogP contribution in [0, 0.1) is 0 Å². The van der Waals surface area contributed by atoms with Crippen molar-refractivity contribution in [3.63, 3.8) is 0 Å². The fraction of sp³-hybridized carbons (Fsp3) is 0.310. The topological polar surface area (TPSA) is 31.1 Å². The van der Waals surface area contributed by atoms with Crippen LogP contribution in [0.2, 0.25) is 0 Å². The molecule has 1 aromatic heterocycles. The van der Waals surface area contributed by atoms with Gasteiger partial charge < -0.3 is 10.3 Å². The molecular formula is C29H31N3. The molecule has 1 fully saturated rings. The summed E-state index contributed by atoms with van der Waals surface area (Å²) in [5.41, 5.74) is 12.2. The number of aromatic amines is 1. The second-order valence-corrected chi connectivity index (χ2v) is 9.48. The molecule has 3 aliphatic rings. The van der Waals surface area contributed by atoms with E-state index in [0.717, 1.165) is 18.9 Å². The van der Waals surface area contributed by atoms with Gasteiger partial charge in [0.1, 0.15) is 5.82 Å². The van der Waals surface area contributed by atoms with Gasteiger partial charge in [-0.25, -0.2) is 0 Å². The van der Waals surface area contributed by atoms with E-state index in [2.05, 4.69) is 76.5 Å². The Morgan fingerprint density at radius 2 is 1.84 bits per heavy atom. The zero-order valence-electron chi connectivity index (χ0n) is 18.7. The van der Waals surface area contributed by atoms with Crippen LogP contribution in [0.5, 0.6) is 0 Å². The standard InChI is InChI=1S/C29H31N3/c1-20(19-32-13-2-3-14-32)22-9-4-10-23(15-22)24-16-27-28(18-31-29(27)30-17-24)26-12-6-8-21-7-5-11-25(21)26/h4,6,8-10,12,15-16,18,30-31H,1-3,5,7,11,13-14,17,19H2. The molecule has 3 heterocycles. The number of likely N-dealkylation sites (tertiary alicyclic amines) is 1. The zero-order valence-corrected chi connectivity index (χ0v) is 18.7. The van der Waals surface area contributed by atoms with Gasteiger partial charge in [-0.1, -0.05) is 43.0 Å². The van der Waals surface area contributed by atoms with E-state index in [0.29, 0.717) is 0 Å². The molecule has 1 saturated heterocycles. The molecule has 32 heavy (non-hydrogen) atoms. The maximum atomic E-state index is 4.41. The first-order valence-electron chi connectivity index (χ1n) is 12.0. The van der Waals surface area contributed by atoms with Crippen molar-refractivity contribution in [1.82, 2.24) is 9.88 Å². The molecule has 2 aliphatic heterocycles. The van der Waals surface area contributed by atoms with Crippen molar-refractivity contribution in [1.29, 1.82) is 0 Å². The van der Waals surface area contributed by atoms with Gasteiger partial charge in [0.25, 0.3) is 0 Å². The van der Waals surface area contributed by atoms with Crippen molar-refractivity contribution in [3.05, 3.63) is 83.1 Å². The summed E-state index contributed by atoms with van der Waals surface area (Å²) in [5, 5.41) is 3.62. The first kappa shape index (κ1) is 19.6. The minimum absolute atomic E-state index is 0.835. The molecule has 2 aromatic carbocycles. The fourth-order valence-corrected chi connectivity index (χ4v) is 5.66. The molecule has 0 unspecified atom stereocenters. The van der Waals surface area contributed by atoms with Gasteiger partial charge in [-0.3, -0.25) is 4.90 Å². The van der Waals surface area contributed by atoms with E-state index < -0.39 is 0 Å². The number of nitrogens with zero attached hydrogens (tertiary/aromatic N) is 1. The van der Waals surface area contributed by atoms with Crippen molar-refractivity contribution in [2.24, 2.45) is 0 Å². The minimum atomic E-state index is 0.835. The highest BCUT2D eigenvalue weighted by molar-refractivity contribution is 5.96. The number of H-pyrrole nitrogens is 1. The Balaban J connectivity index is 1.32. The molecule has 3 heteroatoms. The van der Waals surface area contributed by atoms with Crippen molar-refractivity contribution in [3.8, 4) is 11.1 Å². The first-order valence-corrected chi connectivity index (χ1v) is 12.0. The van der Waals surface area contributed by atoms with Crippen LogP contribution in [0.3, 0.4) is 0 Å². The molecule has 0 amide bonds. The minimum Gasteiger partial charge on any atom is -0.367 e. The second kappa shape index (κ2) is 8.14. The predicted molar refractivity (Wildman–Crippen MR) is 136 cm³/mol. The number of benzene rings is 2. The lowest BCUT2D eigenvalue weighted by Gasteiger charge is -2.20. The van der Waals surface area contributed by atoms with Gasteiger partial charge in [0.2, 0.25) is 0 Å². The summed E-state index contributed by atoms with van der Waals surface area (Å²) in [6.45, 7) is 8.63. The number of anilines is 1. The smallest absolute Gasteiger partial charge is 0.111 e. The van der Waals surface area contributed by atoms with E-state index in [9.17, 15) is 0 Å². The number of fused-ring (bicyclic) bond motifs is 2. The average Bonchev–Trinajstić information content (AvgIpc) is 3.59. The number of hydrogen-bond donors (Lipinski definition) is 2. The Kier molecular flexibility index (Phi) is 4.99. The Hall–Kier alpha value is -3.04. The quantitative estimate of drug-likeness (QED) is 0.510. The van der Waals surface area contributed by atoms with Crippen LogP contribution in [0.25, 0.3) is 28.3 Å². The first-order chi connectivity index (χ1) is 15.8. The van der Waals surface area contributed by atoms with Gasteiger partial charge in [-0.05, 0) is 96.3 Å². The number of hydrogen-bond acceptors (Lipinski definition) is 2. The molecule has 2 N–H and O–H groups in total. The summed E-state index contributed by atoms with van der Waals surface area (Å²) in [4.78, 5) is 6.00. The highest BCUT2D eigenvalue weighted by atomic mass is 15.1. The SMILES string of the molecule is C=C(CN1CCCC1)c1cccc(C2=Cc3c(-c4cccc5c4CCC5)c[nH]c3NC2)c1. The molecule has 6 rings (SSSR count). The third-order valence-electron chi connectivity index (χ3n) is 7.39. The Bertz CT molecular complexity index is 1210. The third kappa shape index (κ3) is 3.51. The van der Waals surface area contributed by atoms with E-state index in [1.165, 1.54) is 95.3 Å². The van der Waals surface area contributed by atoms with Gasteiger partial charge in [0.05, 0.1) is 0 Å².